The van der Waals surface area contributed by atoms with Crippen LogP contribution in [0.15, 0.2) is 54.6 Å². The smallest absolute Gasteiger partial charge is 0.331 e. The second kappa shape index (κ2) is 8.35. The van der Waals surface area contributed by atoms with E-state index in [9.17, 15) is 9.18 Å². The molecule has 116 valence electrons. The van der Waals surface area contributed by atoms with Crippen molar-refractivity contribution in [3.63, 3.8) is 0 Å². The number of nitriles is 1. The van der Waals surface area contributed by atoms with Crippen LogP contribution >= 0.6 is 0 Å². The van der Waals surface area contributed by atoms with Crippen molar-refractivity contribution in [3.05, 3.63) is 71.6 Å². The van der Waals surface area contributed by atoms with Gasteiger partial charge in [0, 0.05) is 11.6 Å². The van der Waals surface area contributed by atoms with Crippen molar-refractivity contribution in [1.29, 1.82) is 5.26 Å². The number of halogens is 1. The lowest BCUT2D eigenvalue weighted by atomic mass is 10.2. The standard InChI is InChI=1S/C18H14FNO3/c19-17-4-2-1-3-15(17)13-23-18(21)10-7-14-5-8-16(9-6-14)22-12-11-20/h1-10H,12-13H2/b10-7+. The van der Waals surface area contributed by atoms with Crippen LogP contribution in [0.1, 0.15) is 11.1 Å². The highest BCUT2D eigenvalue weighted by atomic mass is 19.1. The molecule has 0 spiro atoms. The molecule has 5 heteroatoms. The molecule has 0 atom stereocenters. The van der Waals surface area contributed by atoms with E-state index in [2.05, 4.69) is 0 Å². The predicted octanol–water partition coefficient (Wildman–Crippen LogP) is 3.48. The molecule has 2 aromatic carbocycles. The average Bonchev–Trinajstić information content (AvgIpc) is 2.58. The first-order valence-corrected chi connectivity index (χ1v) is 6.87. The second-order valence-electron chi connectivity index (χ2n) is 4.55. The van der Waals surface area contributed by atoms with Gasteiger partial charge in [-0.15, -0.1) is 0 Å². The largest absolute Gasteiger partial charge is 0.479 e. The molecule has 0 aliphatic heterocycles. The van der Waals surface area contributed by atoms with Crippen LogP contribution in [0, 0.1) is 17.1 Å². The Morgan fingerprint density at radius 3 is 2.61 bits per heavy atom. The number of hydrogen-bond acceptors (Lipinski definition) is 4. The van der Waals surface area contributed by atoms with Crippen LogP contribution in [0.2, 0.25) is 0 Å². The predicted molar refractivity (Wildman–Crippen MR) is 82.8 cm³/mol. The first-order chi connectivity index (χ1) is 11.2. The molecule has 0 amide bonds. The van der Waals surface area contributed by atoms with E-state index >= 15 is 0 Å². The highest BCUT2D eigenvalue weighted by molar-refractivity contribution is 5.87. The number of nitrogens with zero attached hydrogens (tertiary/aromatic N) is 1. The van der Waals surface area contributed by atoms with E-state index in [0.29, 0.717) is 11.3 Å². The van der Waals surface area contributed by atoms with Crippen molar-refractivity contribution in [2.24, 2.45) is 0 Å². The molecule has 0 N–H and O–H groups in total. The van der Waals surface area contributed by atoms with Gasteiger partial charge in [0.2, 0.25) is 0 Å². The lowest BCUT2D eigenvalue weighted by Crippen LogP contribution is -2.02. The molecule has 0 aliphatic carbocycles. The zero-order valence-corrected chi connectivity index (χ0v) is 12.2. The fourth-order valence-corrected chi connectivity index (χ4v) is 1.77. The summed E-state index contributed by atoms with van der Waals surface area (Å²) in [7, 11) is 0. The summed E-state index contributed by atoms with van der Waals surface area (Å²) in [5.41, 5.74) is 1.10. The molecule has 0 heterocycles. The Kier molecular flexibility index (Phi) is 5.89. The quantitative estimate of drug-likeness (QED) is 0.605. The molecule has 0 fully saturated rings. The molecule has 0 saturated carbocycles. The van der Waals surface area contributed by atoms with E-state index in [1.807, 2.05) is 6.07 Å². The molecule has 2 aromatic rings. The number of esters is 1. The van der Waals surface area contributed by atoms with Crippen LogP contribution in [0.4, 0.5) is 4.39 Å². The molecule has 0 aliphatic rings. The normalized spacial score (nSPS) is 10.3. The zero-order chi connectivity index (χ0) is 16.5. The summed E-state index contributed by atoms with van der Waals surface area (Å²) < 4.78 is 23.5. The van der Waals surface area contributed by atoms with Gasteiger partial charge >= 0.3 is 5.97 Å². The summed E-state index contributed by atoms with van der Waals surface area (Å²) in [6.45, 7) is -0.131. The summed E-state index contributed by atoms with van der Waals surface area (Å²) in [5.74, 6) is -0.388. The van der Waals surface area contributed by atoms with Crippen molar-refractivity contribution in [3.8, 4) is 11.8 Å². The van der Waals surface area contributed by atoms with Crippen molar-refractivity contribution in [2.75, 3.05) is 6.61 Å². The van der Waals surface area contributed by atoms with Crippen LogP contribution in [0.3, 0.4) is 0 Å². The van der Waals surface area contributed by atoms with E-state index < -0.39 is 11.8 Å². The van der Waals surface area contributed by atoms with Crippen LogP contribution in [0.25, 0.3) is 6.08 Å². The summed E-state index contributed by atoms with van der Waals surface area (Å²) in [6, 6.07) is 14.9. The highest BCUT2D eigenvalue weighted by Crippen LogP contribution is 2.13. The van der Waals surface area contributed by atoms with Crippen molar-refractivity contribution >= 4 is 12.0 Å². The summed E-state index contributed by atoms with van der Waals surface area (Å²) >= 11 is 0. The Bertz CT molecular complexity index is 733. The van der Waals surface area contributed by atoms with Crippen LogP contribution in [-0.2, 0) is 16.1 Å². The Labute approximate surface area is 133 Å². The maximum Gasteiger partial charge on any atom is 0.331 e. The fraction of sp³-hybridized carbons (Fsp3) is 0.111. The van der Waals surface area contributed by atoms with Crippen LogP contribution in [-0.4, -0.2) is 12.6 Å². The third kappa shape index (κ3) is 5.29. The highest BCUT2D eigenvalue weighted by Gasteiger charge is 2.03. The number of ether oxygens (including phenoxy) is 2. The molecule has 2 rings (SSSR count). The van der Waals surface area contributed by atoms with E-state index in [1.54, 1.807) is 48.5 Å². The van der Waals surface area contributed by atoms with Gasteiger partial charge < -0.3 is 9.47 Å². The minimum absolute atomic E-state index is 0.0163. The number of benzene rings is 2. The van der Waals surface area contributed by atoms with Gasteiger partial charge in [-0.3, -0.25) is 0 Å². The molecule has 0 aromatic heterocycles. The SMILES string of the molecule is N#CCOc1ccc(/C=C/C(=O)OCc2ccccc2F)cc1. The zero-order valence-electron chi connectivity index (χ0n) is 12.2. The van der Waals surface area contributed by atoms with Crippen LogP contribution < -0.4 is 4.74 Å². The maximum absolute atomic E-state index is 13.4. The van der Waals surface area contributed by atoms with Gasteiger partial charge in [0.1, 0.15) is 24.2 Å². The molecule has 0 unspecified atom stereocenters. The van der Waals surface area contributed by atoms with Gasteiger partial charge in [-0.05, 0) is 29.8 Å². The van der Waals surface area contributed by atoms with E-state index in [4.69, 9.17) is 14.7 Å². The van der Waals surface area contributed by atoms with Gasteiger partial charge in [0.15, 0.2) is 6.61 Å². The summed E-state index contributed by atoms with van der Waals surface area (Å²) in [4.78, 5) is 11.6. The lowest BCUT2D eigenvalue weighted by molar-refractivity contribution is -0.138. The topological polar surface area (TPSA) is 59.3 Å². The van der Waals surface area contributed by atoms with Crippen LogP contribution in [0.5, 0.6) is 5.75 Å². The van der Waals surface area contributed by atoms with Crippen molar-refractivity contribution in [2.45, 2.75) is 6.61 Å². The van der Waals surface area contributed by atoms with Gasteiger partial charge in [-0.1, -0.05) is 30.3 Å². The minimum Gasteiger partial charge on any atom is -0.479 e. The first-order valence-electron chi connectivity index (χ1n) is 6.87. The summed E-state index contributed by atoms with van der Waals surface area (Å²) in [6.07, 6.45) is 2.85. The number of carbonyl (C=O) groups excluding carboxylic acids is 1. The maximum atomic E-state index is 13.4. The van der Waals surface area contributed by atoms with E-state index in [-0.39, 0.29) is 13.2 Å². The van der Waals surface area contributed by atoms with Gasteiger partial charge in [0.05, 0.1) is 0 Å². The number of hydrogen-bond donors (Lipinski definition) is 0. The molecule has 0 radical (unpaired) electrons. The van der Waals surface area contributed by atoms with Gasteiger partial charge in [0.25, 0.3) is 0 Å². The third-order valence-electron chi connectivity index (χ3n) is 2.92. The number of carbonyl (C=O) groups is 1. The molecule has 4 nitrogen and oxygen atoms in total. The Balaban J connectivity index is 1.86. The second-order valence-corrected chi connectivity index (χ2v) is 4.55. The Hall–Kier alpha value is -3.13. The number of rotatable bonds is 6. The van der Waals surface area contributed by atoms with Gasteiger partial charge in [-0.2, -0.15) is 5.26 Å². The van der Waals surface area contributed by atoms with E-state index in [1.165, 1.54) is 12.1 Å². The third-order valence-corrected chi connectivity index (χ3v) is 2.92. The first kappa shape index (κ1) is 16.2. The molecular formula is C18H14FNO3. The fourth-order valence-electron chi connectivity index (χ4n) is 1.77. The molecule has 0 bridgehead atoms. The Morgan fingerprint density at radius 1 is 1.17 bits per heavy atom. The Morgan fingerprint density at radius 2 is 1.91 bits per heavy atom. The average molecular weight is 311 g/mol. The minimum atomic E-state index is -0.557. The van der Waals surface area contributed by atoms with E-state index in [0.717, 1.165) is 5.56 Å². The summed E-state index contributed by atoms with van der Waals surface area (Å²) in [5, 5.41) is 8.42. The monoisotopic (exact) mass is 311 g/mol. The van der Waals surface area contributed by atoms with Crippen molar-refractivity contribution in [1.82, 2.24) is 0 Å². The van der Waals surface area contributed by atoms with Crippen molar-refractivity contribution < 1.29 is 18.7 Å². The lowest BCUT2D eigenvalue weighted by Gasteiger charge is -2.03. The molecule has 0 saturated heterocycles. The van der Waals surface area contributed by atoms with Gasteiger partial charge in [-0.25, -0.2) is 9.18 Å². The molecular weight excluding hydrogens is 297 g/mol. The molecule has 23 heavy (non-hydrogen) atoms.